The van der Waals surface area contributed by atoms with Crippen LogP contribution in [-0.4, -0.2) is 21.3 Å². The molecule has 10 rings (SSSR count). The van der Waals surface area contributed by atoms with Crippen molar-refractivity contribution in [2.24, 2.45) is 11.8 Å². The highest BCUT2D eigenvalue weighted by Gasteiger charge is 2.41. The van der Waals surface area contributed by atoms with Crippen molar-refractivity contribution in [3.63, 3.8) is 0 Å². The fraction of sp³-hybridized carbons (Fsp3) is 0.174. The average molecular weight is 664 g/mol. The van der Waals surface area contributed by atoms with Crippen molar-refractivity contribution in [3.8, 4) is 22.6 Å². The van der Waals surface area contributed by atoms with Crippen LogP contribution in [-0.2, 0) is 0 Å². The Morgan fingerprint density at radius 1 is 0.800 bits per heavy atom. The number of rotatable bonds is 5. The summed E-state index contributed by atoms with van der Waals surface area (Å²) in [6, 6.07) is 30.3. The number of hydrogen-bond acceptors (Lipinski definition) is 4. The minimum atomic E-state index is 0.249. The van der Waals surface area contributed by atoms with Crippen molar-refractivity contribution in [1.82, 2.24) is 9.97 Å². The molecule has 4 unspecified atom stereocenters. The van der Waals surface area contributed by atoms with Gasteiger partial charge in [0.1, 0.15) is 0 Å². The molecule has 3 aromatic carbocycles. The molecule has 4 aromatic rings. The maximum Gasteiger partial charge on any atom is 0.159 e. The predicted molar refractivity (Wildman–Crippen MR) is 209 cm³/mol. The first-order chi connectivity index (χ1) is 24.8. The average Bonchev–Trinajstić information content (AvgIpc) is 3.74. The number of anilines is 2. The molecule has 0 spiro atoms. The summed E-state index contributed by atoms with van der Waals surface area (Å²) in [5.74, 6) is 1.98. The van der Waals surface area contributed by atoms with Gasteiger partial charge in [-0.05, 0) is 94.9 Å². The SMILES string of the molecule is C1=CC2SC3=C(C4=CCCC(C5=CC=C6c7ccccc7N(c7ccc(-c8nccc(-c9ccccc9)n8)cc7)C6C5)=C4)C=CCC3C2C=C1. The van der Waals surface area contributed by atoms with Crippen LogP contribution >= 0.6 is 11.8 Å². The summed E-state index contributed by atoms with van der Waals surface area (Å²) >= 11 is 2.10. The second-order valence-electron chi connectivity index (χ2n) is 13.9. The molecule has 0 amide bonds. The van der Waals surface area contributed by atoms with Crippen LogP contribution in [0.2, 0.25) is 0 Å². The highest BCUT2D eigenvalue weighted by atomic mass is 32.2. The molecule has 242 valence electrons. The lowest BCUT2D eigenvalue weighted by Gasteiger charge is -2.32. The van der Waals surface area contributed by atoms with Gasteiger partial charge in [0.15, 0.2) is 5.82 Å². The molecule has 6 aliphatic rings. The van der Waals surface area contributed by atoms with Crippen LogP contribution in [0.3, 0.4) is 0 Å². The first-order valence-corrected chi connectivity index (χ1v) is 18.8. The quantitative estimate of drug-likeness (QED) is 0.212. The van der Waals surface area contributed by atoms with Crippen LogP contribution in [0.1, 0.15) is 31.2 Å². The Kier molecular flexibility index (Phi) is 7.30. The van der Waals surface area contributed by atoms with E-state index in [1.165, 1.54) is 44.8 Å². The van der Waals surface area contributed by atoms with Crippen LogP contribution in [0.4, 0.5) is 11.4 Å². The molecule has 0 radical (unpaired) electrons. The highest BCUT2D eigenvalue weighted by Crippen LogP contribution is 2.55. The standard InChI is InChI=1S/C46H37N3S/c1-2-10-30(11-3-1)41-26-27-47-46(48-41)31-20-23-35(24-21-31)49-42-18-6-4-14-37(42)38-25-22-33(29-43(38)49)32-12-8-13-34(28-32)36-16-9-17-40-39-15-5-7-19-44(39)50-45(36)40/h1-7,9-11,13-16,18-28,39-40,43-44H,8,12,17,29H2. The van der Waals surface area contributed by atoms with Crippen LogP contribution in [0, 0.1) is 11.8 Å². The number of hydrogen-bond donors (Lipinski definition) is 0. The number of nitrogens with zero attached hydrogens (tertiary/aromatic N) is 3. The Bertz CT molecular complexity index is 2260. The first-order valence-electron chi connectivity index (χ1n) is 17.9. The molecule has 2 aliphatic heterocycles. The highest BCUT2D eigenvalue weighted by molar-refractivity contribution is 8.04. The minimum Gasteiger partial charge on any atom is -0.333 e. The van der Waals surface area contributed by atoms with E-state index < -0.39 is 0 Å². The van der Waals surface area contributed by atoms with E-state index >= 15 is 0 Å². The van der Waals surface area contributed by atoms with Crippen LogP contribution in [0.15, 0.2) is 179 Å². The number of thioether (sulfide) groups is 1. The summed E-state index contributed by atoms with van der Waals surface area (Å²) in [7, 11) is 0. The summed E-state index contributed by atoms with van der Waals surface area (Å²) in [4.78, 5) is 13.7. The fourth-order valence-electron chi connectivity index (χ4n) is 8.70. The number of fused-ring (bicyclic) bond motifs is 6. The smallest absolute Gasteiger partial charge is 0.159 e. The molecule has 1 aromatic heterocycles. The van der Waals surface area contributed by atoms with Gasteiger partial charge in [-0.2, -0.15) is 0 Å². The van der Waals surface area contributed by atoms with Gasteiger partial charge in [-0.3, -0.25) is 0 Å². The largest absolute Gasteiger partial charge is 0.333 e. The van der Waals surface area contributed by atoms with Crippen molar-refractivity contribution in [2.75, 3.05) is 4.90 Å². The van der Waals surface area contributed by atoms with E-state index in [-0.39, 0.29) is 6.04 Å². The van der Waals surface area contributed by atoms with Crippen LogP contribution in [0.5, 0.6) is 0 Å². The lowest BCUT2D eigenvalue weighted by atomic mass is 9.78. The zero-order valence-corrected chi connectivity index (χ0v) is 28.6. The molecule has 1 fully saturated rings. The van der Waals surface area contributed by atoms with Crippen molar-refractivity contribution < 1.29 is 0 Å². The van der Waals surface area contributed by atoms with Crippen molar-refractivity contribution in [1.29, 1.82) is 0 Å². The van der Waals surface area contributed by atoms with Gasteiger partial charge in [-0.15, -0.1) is 11.8 Å². The predicted octanol–water partition coefficient (Wildman–Crippen LogP) is 11.4. The Labute approximate surface area is 298 Å². The molecular weight excluding hydrogens is 627 g/mol. The van der Waals surface area contributed by atoms with Crippen molar-refractivity contribution >= 4 is 28.7 Å². The summed E-state index contributed by atoms with van der Waals surface area (Å²) in [5.41, 5.74) is 14.1. The van der Waals surface area contributed by atoms with Gasteiger partial charge in [0.05, 0.1) is 11.7 Å². The first kappa shape index (κ1) is 29.7. The molecule has 50 heavy (non-hydrogen) atoms. The molecule has 4 aliphatic carbocycles. The van der Waals surface area contributed by atoms with E-state index in [1.54, 1.807) is 4.91 Å². The second-order valence-corrected chi connectivity index (χ2v) is 15.1. The molecule has 4 heteroatoms. The van der Waals surface area contributed by atoms with Crippen LogP contribution in [0.25, 0.3) is 28.2 Å². The van der Waals surface area contributed by atoms with E-state index in [2.05, 4.69) is 143 Å². The Morgan fingerprint density at radius 3 is 2.58 bits per heavy atom. The Hall–Kier alpha value is -5.19. The van der Waals surface area contributed by atoms with Crippen molar-refractivity contribution in [2.45, 2.75) is 37.0 Å². The molecule has 0 N–H and O–H groups in total. The molecule has 0 bridgehead atoms. The summed E-state index contributed by atoms with van der Waals surface area (Å²) in [6.45, 7) is 0. The third kappa shape index (κ3) is 5.04. The van der Waals surface area contributed by atoms with Gasteiger partial charge in [0, 0.05) is 51.3 Å². The molecule has 1 saturated heterocycles. The van der Waals surface area contributed by atoms with E-state index in [4.69, 9.17) is 4.98 Å². The van der Waals surface area contributed by atoms with Gasteiger partial charge in [0.25, 0.3) is 0 Å². The number of aromatic nitrogens is 2. The zero-order chi connectivity index (χ0) is 33.0. The van der Waals surface area contributed by atoms with Crippen LogP contribution < -0.4 is 4.90 Å². The molecule has 0 saturated carbocycles. The van der Waals surface area contributed by atoms with E-state index in [9.17, 15) is 0 Å². The molecular formula is C46H37N3S. The Morgan fingerprint density at radius 2 is 1.66 bits per heavy atom. The lowest BCUT2D eigenvalue weighted by molar-refractivity contribution is 0.498. The normalized spacial score (nSPS) is 24.5. The topological polar surface area (TPSA) is 29.0 Å². The number of benzene rings is 3. The van der Waals surface area contributed by atoms with Gasteiger partial charge in [-0.25, -0.2) is 9.97 Å². The van der Waals surface area contributed by atoms with Gasteiger partial charge >= 0.3 is 0 Å². The number of para-hydroxylation sites is 1. The summed E-state index contributed by atoms with van der Waals surface area (Å²) in [5, 5.41) is 0.572. The lowest BCUT2D eigenvalue weighted by Crippen LogP contribution is -2.28. The minimum absolute atomic E-state index is 0.249. The van der Waals surface area contributed by atoms with Gasteiger partial charge in [0.2, 0.25) is 0 Å². The second kappa shape index (κ2) is 12.3. The third-order valence-electron chi connectivity index (χ3n) is 11.1. The molecule has 4 atom stereocenters. The van der Waals surface area contributed by atoms with E-state index in [1.807, 2.05) is 30.5 Å². The third-order valence-corrected chi connectivity index (χ3v) is 12.6. The van der Waals surface area contributed by atoms with E-state index in [0.29, 0.717) is 17.1 Å². The summed E-state index contributed by atoms with van der Waals surface area (Å²) < 4.78 is 0. The zero-order valence-electron chi connectivity index (χ0n) is 27.8. The fourth-order valence-corrected chi connectivity index (χ4v) is 10.3. The summed E-state index contributed by atoms with van der Waals surface area (Å²) in [6.07, 6.45) is 30.1. The molecule has 3 heterocycles. The van der Waals surface area contributed by atoms with E-state index in [0.717, 1.165) is 48.3 Å². The Balaban J connectivity index is 0.950. The molecule has 3 nitrogen and oxygen atoms in total. The maximum atomic E-state index is 4.91. The monoisotopic (exact) mass is 663 g/mol. The van der Waals surface area contributed by atoms with Gasteiger partial charge in [-0.1, -0.05) is 109 Å². The van der Waals surface area contributed by atoms with Gasteiger partial charge < -0.3 is 4.90 Å². The maximum absolute atomic E-state index is 4.91. The number of allylic oxidation sites excluding steroid dienone is 13. The van der Waals surface area contributed by atoms with Crippen molar-refractivity contribution in [3.05, 3.63) is 185 Å².